The number of anilines is 1. The Bertz CT molecular complexity index is 1340. The number of amides is 1. The van der Waals surface area contributed by atoms with Gasteiger partial charge >= 0.3 is 0 Å². The van der Waals surface area contributed by atoms with Crippen LogP contribution in [0.3, 0.4) is 0 Å². The molecule has 9 heteroatoms. The predicted octanol–water partition coefficient (Wildman–Crippen LogP) is 5.13. The zero-order valence-electron chi connectivity index (χ0n) is 19.0. The lowest BCUT2D eigenvalue weighted by atomic mass is 9.95. The molecular weight excluding hydrogens is 477 g/mol. The number of aliphatic hydroxyl groups is 1. The Morgan fingerprint density at radius 1 is 0.914 bits per heavy atom. The Morgan fingerprint density at radius 2 is 1.60 bits per heavy atom. The standard InChI is InChI=1S/C26H21ClFNO6/c1-33-17-8-4-14(5-9-17)23-22(24(30)15-6-11-20(34-2)21(12-15)35-3)25(31)26(32)29(23)16-7-10-19(28)18(27)13-16/h4-13,23,30H,1-3H3/b24-22+. The molecule has 1 N–H and O–H groups in total. The number of carbonyl (C=O) groups excluding carboxylic acids is 2. The summed E-state index contributed by atoms with van der Waals surface area (Å²) >= 11 is 5.96. The Morgan fingerprint density at radius 3 is 2.20 bits per heavy atom. The van der Waals surface area contributed by atoms with Crippen LogP contribution in [0.1, 0.15) is 17.2 Å². The number of methoxy groups -OCH3 is 3. The van der Waals surface area contributed by atoms with Crippen molar-refractivity contribution >= 4 is 34.7 Å². The van der Waals surface area contributed by atoms with Crippen LogP contribution in [-0.4, -0.2) is 38.1 Å². The predicted molar refractivity (Wildman–Crippen MR) is 129 cm³/mol. The fraction of sp³-hybridized carbons (Fsp3) is 0.154. The third kappa shape index (κ3) is 4.28. The third-order valence-corrected chi connectivity index (χ3v) is 6.00. The maximum atomic E-state index is 13.8. The van der Waals surface area contributed by atoms with Crippen LogP contribution >= 0.6 is 11.6 Å². The van der Waals surface area contributed by atoms with Crippen molar-refractivity contribution in [3.05, 3.63) is 88.2 Å². The number of ketones is 1. The SMILES string of the molecule is COc1ccc(C2/C(=C(\O)c3ccc(OC)c(OC)c3)C(=O)C(=O)N2c2ccc(F)c(Cl)c2)cc1. The highest BCUT2D eigenvalue weighted by molar-refractivity contribution is 6.51. The van der Waals surface area contributed by atoms with Gasteiger partial charge in [0.05, 0.1) is 38.0 Å². The van der Waals surface area contributed by atoms with Gasteiger partial charge in [-0.2, -0.15) is 0 Å². The zero-order valence-corrected chi connectivity index (χ0v) is 19.8. The summed E-state index contributed by atoms with van der Waals surface area (Å²) in [4.78, 5) is 27.6. The number of hydrogen-bond donors (Lipinski definition) is 1. The van der Waals surface area contributed by atoms with Gasteiger partial charge < -0.3 is 19.3 Å². The molecule has 1 aliphatic heterocycles. The molecule has 1 atom stereocenters. The number of nitrogens with zero attached hydrogens (tertiary/aromatic N) is 1. The molecule has 0 spiro atoms. The number of benzene rings is 3. The van der Waals surface area contributed by atoms with Crippen LogP contribution in [0.2, 0.25) is 5.02 Å². The first-order valence-corrected chi connectivity index (χ1v) is 10.8. The van der Waals surface area contributed by atoms with E-state index in [9.17, 15) is 19.1 Å². The molecule has 0 radical (unpaired) electrons. The second-order valence-corrected chi connectivity index (χ2v) is 8.02. The molecule has 35 heavy (non-hydrogen) atoms. The quantitative estimate of drug-likeness (QED) is 0.289. The average Bonchev–Trinajstić information content (AvgIpc) is 3.15. The molecule has 0 saturated carbocycles. The van der Waals surface area contributed by atoms with Crippen molar-refractivity contribution in [1.82, 2.24) is 0 Å². The molecule has 1 fully saturated rings. The van der Waals surface area contributed by atoms with Crippen molar-refractivity contribution < 1.29 is 33.3 Å². The monoisotopic (exact) mass is 497 g/mol. The van der Waals surface area contributed by atoms with E-state index in [-0.39, 0.29) is 21.8 Å². The van der Waals surface area contributed by atoms with Gasteiger partial charge in [0.1, 0.15) is 17.3 Å². The maximum absolute atomic E-state index is 13.8. The van der Waals surface area contributed by atoms with Gasteiger partial charge in [-0.15, -0.1) is 0 Å². The van der Waals surface area contributed by atoms with Crippen LogP contribution in [0.25, 0.3) is 5.76 Å². The van der Waals surface area contributed by atoms with E-state index in [1.165, 1.54) is 44.4 Å². The van der Waals surface area contributed by atoms with Crippen LogP contribution in [0.4, 0.5) is 10.1 Å². The van der Waals surface area contributed by atoms with Gasteiger partial charge in [-0.1, -0.05) is 23.7 Å². The van der Waals surface area contributed by atoms with Gasteiger partial charge in [-0.05, 0) is 54.1 Å². The van der Waals surface area contributed by atoms with E-state index in [1.54, 1.807) is 36.4 Å². The van der Waals surface area contributed by atoms with Gasteiger partial charge in [0.2, 0.25) is 0 Å². The number of carbonyl (C=O) groups is 2. The van der Waals surface area contributed by atoms with Gasteiger partial charge in [0, 0.05) is 11.3 Å². The number of hydrogen-bond acceptors (Lipinski definition) is 6. The van der Waals surface area contributed by atoms with E-state index in [0.717, 1.165) is 6.07 Å². The van der Waals surface area contributed by atoms with Gasteiger partial charge in [0.25, 0.3) is 11.7 Å². The minimum Gasteiger partial charge on any atom is -0.507 e. The normalized spacial score (nSPS) is 16.9. The van der Waals surface area contributed by atoms with Crippen molar-refractivity contribution in [2.45, 2.75) is 6.04 Å². The lowest BCUT2D eigenvalue weighted by Crippen LogP contribution is -2.29. The first kappa shape index (κ1) is 24.1. The third-order valence-electron chi connectivity index (χ3n) is 5.71. The number of ether oxygens (including phenoxy) is 3. The Hall–Kier alpha value is -4.04. The molecule has 3 aromatic carbocycles. The van der Waals surface area contributed by atoms with Crippen molar-refractivity contribution in [1.29, 1.82) is 0 Å². The summed E-state index contributed by atoms with van der Waals surface area (Å²) in [5.74, 6) is -1.54. The largest absolute Gasteiger partial charge is 0.507 e. The summed E-state index contributed by atoms with van der Waals surface area (Å²) in [5, 5.41) is 11.1. The van der Waals surface area contributed by atoms with E-state index >= 15 is 0 Å². The van der Waals surface area contributed by atoms with Crippen LogP contribution in [0, 0.1) is 5.82 Å². The highest BCUT2D eigenvalue weighted by atomic mass is 35.5. The van der Waals surface area contributed by atoms with Crippen LogP contribution in [0.15, 0.2) is 66.2 Å². The van der Waals surface area contributed by atoms with Crippen LogP contribution in [-0.2, 0) is 9.59 Å². The summed E-state index contributed by atoms with van der Waals surface area (Å²) in [6.07, 6.45) is 0. The van der Waals surface area contributed by atoms with Gasteiger partial charge in [0.15, 0.2) is 11.5 Å². The highest BCUT2D eigenvalue weighted by Gasteiger charge is 2.47. The van der Waals surface area contributed by atoms with Crippen molar-refractivity contribution in [2.24, 2.45) is 0 Å². The number of Topliss-reactive ketones (excluding diaryl/α,β-unsaturated/α-hetero) is 1. The van der Waals surface area contributed by atoms with E-state index in [4.69, 9.17) is 25.8 Å². The molecule has 1 saturated heterocycles. The Balaban J connectivity index is 1.94. The molecule has 0 aromatic heterocycles. The molecule has 0 bridgehead atoms. The van der Waals surface area contributed by atoms with Crippen LogP contribution < -0.4 is 19.1 Å². The molecule has 1 heterocycles. The zero-order chi connectivity index (χ0) is 25.3. The molecule has 1 aliphatic rings. The first-order valence-electron chi connectivity index (χ1n) is 10.4. The summed E-state index contributed by atoms with van der Waals surface area (Å²) in [5.41, 5.74) is 0.822. The summed E-state index contributed by atoms with van der Waals surface area (Å²) in [6.45, 7) is 0. The second-order valence-electron chi connectivity index (χ2n) is 7.61. The summed E-state index contributed by atoms with van der Waals surface area (Å²) in [7, 11) is 4.43. The molecule has 7 nitrogen and oxygen atoms in total. The minimum atomic E-state index is -1.02. The maximum Gasteiger partial charge on any atom is 0.300 e. The number of halogens is 2. The van der Waals surface area contributed by atoms with Crippen molar-refractivity contribution in [3.8, 4) is 17.2 Å². The Labute approximate surface area is 205 Å². The lowest BCUT2D eigenvalue weighted by molar-refractivity contribution is -0.132. The van der Waals surface area contributed by atoms with Crippen molar-refractivity contribution in [2.75, 3.05) is 26.2 Å². The molecule has 3 aromatic rings. The number of rotatable bonds is 6. The molecule has 1 amide bonds. The molecule has 4 rings (SSSR count). The van der Waals surface area contributed by atoms with E-state index in [2.05, 4.69) is 0 Å². The average molecular weight is 498 g/mol. The molecule has 0 aliphatic carbocycles. The molecule has 180 valence electrons. The summed E-state index contributed by atoms with van der Waals surface area (Å²) in [6, 6.07) is 14.0. The molecule has 1 unspecified atom stereocenters. The van der Waals surface area contributed by atoms with Gasteiger partial charge in [-0.3, -0.25) is 14.5 Å². The lowest BCUT2D eigenvalue weighted by Gasteiger charge is -2.26. The second kappa shape index (κ2) is 9.68. The fourth-order valence-electron chi connectivity index (χ4n) is 3.97. The van der Waals surface area contributed by atoms with E-state index in [1.807, 2.05) is 0 Å². The van der Waals surface area contributed by atoms with E-state index < -0.39 is 29.3 Å². The fourth-order valence-corrected chi connectivity index (χ4v) is 4.15. The highest BCUT2D eigenvalue weighted by Crippen LogP contribution is 2.43. The summed E-state index contributed by atoms with van der Waals surface area (Å²) < 4.78 is 29.6. The first-order chi connectivity index (χ1) is 16.8. The number of aliphatic hydroxyl groups excluding tert-OH is 1. The minimum absolute atomic E-state index is 0.146. The van der Waals surface area contributed by atoms with Gasteiger partial charge in [-0.25, -0.2) is 4.39 Å². The smallest absolute Gasteiger partial charge is 0.300 e. The molecular formula is C26H21ClFNO6. The van der Waals surface area contributed by atoms with Crippen LogP contribution in [0.5, 0.6) is 17.2 Å². The van der Waals surface area contributed by atoms with Crippen molar-refractivity contribution in [3.63, 3.8) is 0 Å². The Kier molecular flexibility index (Phi) is 6.66. The van der Waals surface area contributed by atoms with E-state index in [0.29, 0.717) is 22.8 Å². The topological polar surface area (TPSA) is 85.3 Å².